The number of methoxy groups -OCH3 is 4. The average Bonchev–Trinajstić information content (AvgIpc) is 2.95. The fraction of sp³-hybridized carbons (Fsp3) is 0.367. The van der Waals surface area contributed by atoms with Gasteiger partial charge in [0, 0.05) is 24.7 Å². The standard InChI is InChI=1S/C30H36N2O5/c1-6-26(31-30(33)22-8-7-9-24(16-22)35-3)29-25-18-28(37-5)27(36-4)17-21(25)14-15-32(29)19-20-10-12-23(34-2)13-11-20/h7-13,16-18,26,29H,6,14-15,19H2,1-5H3,(H,31,33)/t26-,29-/m0/s1. The SMILES string of the molecule is CC[C@H](NC(=O)c1cccc(OC)c1)[C@@H]1c2cc(OC)c(OC)cc2CCN1Cc1ccc(OC)cc1. The summed E-state index contributed by atoms with van der Waals surface area (Å²) in [6, 6.07) is 19.4. The quantitative estimate of drug-likeness (QED) is 0.418. The number of hydrogen-bond donors (Lipinski definition) is 1. The lowest BCUT2D eigenvalue weighted by molar-refractivity contribution is 0.0858. The lowest BCUT2D eigenvalue weighted by atomic mass is 9.86. The second kappa shape index (κ2) is 12.0. The summed E-state index contributed by atoms with van der Waals surface area (Å²) in [7, 11) is 6.58. The maximum atomic E-state index is 13.4. The van der Waals surface area contributed by atoms with Crippen molar-refractivity contribution in [2.75, 3.05) is 35.0 Å². The van der Waals surface area contributed by atoms with Gasteiger partial charge < -0.3 is 24.3 Å². The number of ether oxygens (including phenoxy) is 4. The molecule has 3 aromatic rings. The molecule has 1 aliphatic rings. The van der Waals surface area contributed by atoms with Crippen LogP contribution in [0.4, 0.5) is 0 Å². The third kappa shape index (κ3) is 5.83. The number of benzene rings is 3. The van der Waals surface area contributed by atoms with E-state index in [4.69, 9.17) is 18.9 Å². The van der Waals surface area contributed by atoms with Crippen LogP contribution in [0.15, 0.2) is 60.7 Å². The van der Waals surface area contributed by atoms with Gasteiger partial charge in [-0.15, -0.1) is 0 Å². The Bertz CT molecular complexity index is 1210. The molecular weight excluding hydrogens is 468 g/mol. The maximum absolute atomic E-state index is 13.4. The predicted molar refractivity (Wildman–Crippen MR) is 144 cm³/mol. The normalized spacial score (nSPS) is 15.9. The van der Waals surface area contributed by atoms with E-state index in [1.165, 1.54) is 11.1 Å². The van der Waals surface area contributed by atoms with Crippen LogP contribution in [0.25, 0.3) is 0 Å². The largest absolute Gasteiger partial charge is 0.497 e. The Balaban J connectivity index is 1.70. The van der Waals surface area contributed by atoms with Crippen molar-refractivity contribution >= 4 is 5.91 Å². The van der Waals surface area contributed by atoms with Crippen LogP contribution in [0, 0.1) is 0 Å². The average molecular weight is 505 g/mol. The van der Waals surface area contributed by atoms with E-state index in [2.05, 4.69) is 41.4 Å². The van der Waals surface area contributed by atoms with E-state index in [0.717, 1.165) is 43.0 Å². The van der Waals surface area contributed by atoms with Crippen molar-refractivity contribution in [1.29, 1.82) is 0 Å². The third-order valence-electron chi connectivity index (χ3n) is 7.04. The first-order valence-electron chi connectivity index (χ1n) is 12.6. The maximum Gasteiger partial charge on any atom is 0.251 e. The van der Waals surface area contributed by atoms with E-state index >= 15 is 0 Å². The topological polar surface area (TPSA) is 69.3 Å². The van der Waals surface area contributed by atoms with Crippen LogP contribution in [-0.4, -0.2) is 51.8 Å². The fourth-order valence-corrected chi connectivity index (χ4v) is 5.06. The predicted octanol–water partition coefficient (Wildman–Crippen LogP) is 5.03. The van der Waals surface area contributed by atoms with Gasteiger partial charge in [0.2, 0.25) is 0 Å². The molecular formula is C30H36N2O5. The van der Waals surface area contributed by atoms with Gasteiger partial charge in [-0.2, -0.15) is 0 Å². The molecule has 0 saturated heterocycles. The summed E-state index contributed by atoms with van der Waals surface area (Å²) in [5, 5.41) is 3.32. The molecule has 0 radical (unpaired) electrons. The van der Waals surface area contributed by atoms with Gasteiger partial charge >= 0.3 is 0 Å². The Morgan fingerprint density at radius 2 is 1.62 bits per heavy atom. The van der Waals surface area contributed by atoms with Gasteiger partial charge in [0.1, 0.15) is 11.5 Å². The fourth-order valence-electron chi connectivity index (χ4n) is 5.06. The van der Waals surface area contributed by atoms with E-state index in [-0.39, 0.29) is 18.0 Å². The molecule has 0 aromatic heterocycles. The van der Waals surface area contributed by atoms with Gasteiger partial charge in [-0.25, -0.2) is 0 Å². The molecule has 4 rings (SSSR count). The molecule has 1 amide bonds. The number of rotatable bonds is 10. The zero-order valence-electron chi connectivity index (χ0n) is 22.2. The van der Waals surface area contributed by atoms with E-state index in [1.54, 1.807) is 34.5 Å². The van der Waals surface area contributed by atoms with Crippen molar-refractivity contribution in [2.24, 2.45) is 0 Å². The Labute approximate surface area is 219 Å². The van der Waals surface area contributed by atoms with Crippen LogP contribution in [0.1, 0.15) is 46.4 Å². The first kappa shape index (κ1) is 26.4. The second-order valence-corrected chi connectivity index (χ2v) is 9.14. The zero-order valence-corrected chi connectivity index (χ0v) is 22.2. The van der Waals surface area contributed by atoms with Crippen molar-refractivity contribution in [1.82, 2.24) is 10.2 Å². The van der Waals surface area contributed by atoms with Crippen LogP contribution in [0.3, 0.4) is 0 Å². The third-order valence-corrected chi connectivity index (χ3v) is 7.04. The molecule has 0 saturated carbocycles. The van der Waals surface area contributed by atoms with E-state index in [9.17, 15) is 4.79 Å². The summed E-state index contributed by atoms with van der Waals surface area (Å²) in [6.45, 7) is 3.70. The number of carbonyl (C=O) groups is 1. The molecule has 7 heteroatoms. The monoisotopic (exact) mass is 504 g/mol. The molecule has 0 aliphatic carbocycles. The minimum absolute atomic E-state index is 0.0507. The van der Waals surface area contributed by atoms with E-state index < -0.39 is 0 Å². The first-order chi connectivity index (χ1) is 18.0. The van der Waals surface area contributed by atoms with Crippen LogP contribution in [0.5, 0.6) is 23.0 Å². The summed E-state index contributed by atoms with van der Waals surface area (Å²) < 4.78 is 21.9. The molecule has 1 heterocycles. The summed E-state index contributed by atoms with van der Waals surface area (Å²) in [5.74, 6) is 2.77. The van der Waals surface area contributed by atoms with Crippen molar-refractivity contribution in [3.63, 3.8) is 0 Å². The molecule has 7 nitrogen and oxygen atoms in total. The number of amides is 1. The number of hydrogen-bond acceptors (Lipinski definition) is 6. The smallest absolute Gasteiger partial charge is 0.251 e. The number of nitrogens with zero attached hydrogens (tertiary/aromatic N) is 1. The Morgan fingerprint density at radius 3 is 2.27 bits per heavy atom. The van der Waals surface area contributed by atoms with Crippen LogP contribution in [-0.2, 0) is 13.0 Å². The lowest BCUT2D eigenvalue weighted by Crippen LogP contribution is -2.48. The number of nitrogens with one attached hydrogen (secondary N) is 1. The van der Waals surface area contributed by atoms with E-state index in [1.807, 2.05) is 30.3 Å². The second-order valence-electron chi connectivity index (χ2n) is 9.14. The summed E-state index contributed by atoms with van der Waals surface area (Å²) in [4.78, 5) is 15.8. The Morgan fingerprint density at radius 1 is 0.919 bits per heavy atom. The molecule has 2 atom stereocenters. The van der Waals surface area contributed by atoms with E-state index in [0.29, 0.717) is 17.1 Å². The molecule has 0 spiro atoms. The van der Waals surface area contributed by atoms with Gasteiger partial charge in [0.05, 0.1) is 34.5 Å². The summed E-state index contributed by atoms with van der Waals surface area (Å²) in [5.41, 5.74) is 4.12. The van der Waals surface area contributed by atoms with Gasteiger partial charge in [0.25, 0.3) is 5.91 Å². The first-order valence-corrected chi connectivity index (χ1v) is 12.6. The lowest BCUT2D eigenvalue weighted by Gasteiger charge is -2.42. The highest BCUT2D eigenvalue weighted by atomic mass is 16.5. The molecule has 1 aliphatic heterocycles. The summed E-state index contributed by atoms with van der Waals surface area (Å²) in [6.07, 6.45) is 1.63. The highest BCUT2D eigenvalue weighted by Gasteiger charge is 2.35. The van der Waals surface area contributed by atoms with Gasteiger partial charge in [0.15, 0.2) is 11.5 Å². The minimum atomic E-state index is -0.130. The minimum Gasteiger partial charge on any atom is -0.497 e. The van der Waals surface area contributed by atoms with Gasteiger partial charge in [-0.05, 0) is 72.0 Å². The van der Waals surface area contributed by atoms with Crippen LogP contribution in [0.2, 0.25) is 0 Å². The molecule has 0 unspecified atom stereocenters. The number of fused-ring (bicyclic) bond motifs is 1. The van der Waals surface area contributed by atoms with Crippen LogP contribution >= 0.6 is 0 Å². The van der Waals surface area contributed by atoms with Gasteiger partial charge in [-0.3, -0.25) is 9.69 Å². The Hall–Kier alpha value is -3.71. The molecule has 0 bridgehead atoms. The summed E-state index contributed by atoms with van der Waals surface area (Å²) >= 11 is 0. The Kier molecular flexibility index (Phi) is 8.56. The van der Waals surface area contributed by atoms with Crippen molar-refractivity contribution in [3.8, 4) is 23.0 Å². The molecule has 0 fully saturated rings. The van der Waals surface area contributed by atoms with Crippen molar-refractivity contribution < 1.29 is 23.7 Å². The molecule has 1 N–H and O–H groups in total. The molecule has 3 aromatic carbocycles. The van der Waals surface area contributed by atoms with Gasteiger partial charge in [-0.1, -0.05) is 25.1 Å². The van der Waals surface area contributed by atoms with Crippen molar-refractivity contribution in [2.45, 2.75) is 38.4 Å². The highest BCUT2D eigenvalue weighted by Crippen LogP contribution is 2.40. The molecule has 196 valence electrons. The number of carbonyl (C=O) groups excluding carboxylic acids is 1. The van der Waals surface area contributed by atoms with Crippen LogP contribution < -0.4 is 24.3 Å². The zero-order chi connectivity index (χ0) is 26.4. The van der Waals surface area contributed by atoms with Crippen molar-refractivity contribution in [3.05, 3.63) is 82.9 Å². The molecule has 37 heavy (non-hydrogen) atoms. The highest BCUT2D eigenvalue weighted by molar-refractivity contribution is 5.94.